The van der Waals surface area contributed by atoms with Crippen LogP contribution in [0.3, 0.4) is 0 Å². The highest BCUT2D eigenvalue weighted by Crippen LogP contribution is 2.51. The Balaban J connectivity index is 1.50. The SMILES string of the molecule is C#[N+][C@@]12CC[C@@H](C[C@@H](n3c(=O)c(C(=O)O)nc4ccccc43)C1)N2C1CCCCCCCCCC1. The van der Waals surface area contributed by atoms with E-state index in [-0.39, 0.29) is 6.04 Å². The molecule has 0 amide bonds. The molecule has 3 heterocycles. The van der Waals surface area contributed by atoms with E-state index in [0.29, 0.717) is 29.5 Å². The highest BCUT2D eigenvalue weighted by Gasteiger charge is 2.62. The summed E-state index contributed by atoms with van der Waals surface area (Å²) in [6.07, 6.45) is 16.1. The first-order valence-electron chi connectivity index (χ1n) is 13.5. The predicted molar refractivity (Wildman–Crippen MR) is 137 cm³/mol. The van der Waals surface area contributed by atoms with Crippen LogP contribution in [0.1, 0.15) is 106 Å². The summed E-state index contributed by atoms with van der Waals surface area (Å²) in [5, 5.41) is 9.66. The summed E-state index contributed by atoms with van der Waals surface area (Å²) < 4.78 is 1.68. The molecule has 7 nitrogen and oxygen atoms in total. The van der Waals surface area contributed by atoms with Crippen molar-refractivity contribution in [1.82, 2.24) is 14.5 Å². The number of piperidine rings is 1. The van der Waals surface area contributed by atoms with Crippen LogP contribution in [0.5, 0.6) is 0 Å². The minimum absolute atomic E-state index is 0.160. The van der Waals surface area contributed by atoms with Gasteiger partial charge in [-0.1, -0.05) is 68.3 Å². The summed E-state index contributed by atoms with van der Waals surface area (Å²) in [6, 6.07) is 7.92. The molecule has 2 aliphatic heterocycles. The van der Waals surface area contributed by atoms with Gasteiger partial charge in [-0.2, -0.15) is 0 Å². The number of nitrogens with zero attached hydrogens (tertiary/aromatic N) is 4. The Kier molecular flexibility index (Phi) is 6.93. The molecule has 2 aromatic rings. The number of aromatic carboxylic acids is 1. The van der Waals surface area contributed by atoms with E-state index in [2.05, 4.69) is 14.7 Å². The molecule has 2 saturated heterocycles. The fourth-order valence-corrected chi connectivity index (χ4v) is 7.14. The average molecular weight is 478 g/mol. The lowest BCUT2D eigenvalue weighted by atomic mass is 9.88. The average Bonchev–Trinajstić information content (AvgIpc) is 3.06. The molecule has 1 saturated carbocycles. The minimum atomic E-state index is -1.29. The lowest BCUT2D eigenvalue weighted by Crippen LogP contribution is -2.56. The van der Waals surface area contributed by atoms with Gasteiger partial charge in [0.1, 0.15) is 0 Å². The molecule has 0 radical (unpaired) electrons. The number of fused-ring (bicyclic) bond motifs is 3. The molecule has 1 aromatic heterocycles. The van der Waals surface area contributed by atoms with Crippen molar-refractivity contribution in [1.29, 1.82) is 0 Å². The van der Waals surface area contributed by atoms with Gasteiger partial charge in [0.2, 0.25) is 5.69 Å². The predicted octanol–water partition coefficient (Wildman–Crippen LogP) is 5.84. The quantitative estimate of drug-likeness (QED) is 0.601. The topological polar surface area (TPSA) is 79.8 Å². The van der Waals surface area contributed by atoms with Crippen LogP contribution in [-0.2, 0) is 0 Å². The number of rotatable bonds is 3. The molecule has 2 bridgehead atoms. The molecule has 3 aliphatic rings. The molecule has 1 aliphatic carbocycles. The second kappa shape index (κ2) is 10.1. The Morgan fingerprint density at radius 3 is 2.29 bits per heavy atom. The molecule has 186 valence electrons. The number of aromatic nitrogens is 2. The van der Waals surface area contributed by atoms with E-state index >= 15 is 0 Å². The largest absolute Gasteiger partial charge is 0.476 e. The van der Waals surface area contributed by atoms with Gasteiger partial charge >= 0.3 is 11.6 Å². The first-order valence-corrected chi connectivity index (χ1v) is 13.5. The summed E-state index contributed by atoms with van der Waals surface area (Å²) in [5.74, 6) is -1.29. The van der Waals surface area contributed by atoms with E-state index in [9.17, 15) is 14.7 Å². The maximum Gasteiger partial charge on any atom is 0.360 e. The van der Waals surface area contributed by atoms with Crippen LogP contribution in [-0.4, -0.2) is 43.3 Å². The Morgan fingerprint density at radius 1 is 0.971 bits per heavy atom. The van der Waals surface area contributed by atoms with Gasteiger partial charge in [-0.05, 0) is 37.8 Å². The van der Waals surface area contributed by atoms with Crippen molar-refractivity contribution in [2.75, 3.05) is 0 Å². The monoisotopic (exact) mass is 477 g/mol. The van der Waals surface area contributed by atoms with Crippen molar-refractivity contribution in [3.8, 4) is 6.57 Å². The molecular formula is C28H37N4O3+. The van der Waals surface area contributed by atoms with E-state index in [4.69, 9.17) is 6.57 Å². The number of benzene rings is 1. The zero-order valence-corrected chi connectivity index (χ0v) is 20.6. The smallest absolute Gasteiger partial charge is 0.360 e. The summed E-state index contributed by atoms with van der Waals surface area (Å²) in [5.41, 5.74) is -0.230. The third kappa shape index (κ3) is 4.49. The van der Waals surface area contributed by atoms with Gasteiger partial charge in [0, 0.05) is 24.5 Å². The molecular weight excluding hydrogens is 440 g/mol. The van der Waals surface area contributed by atoms with E-state index < -0.39 is 22.9 Å². The van der Waals surface area contributed by atoms with E-state index in [1.165, 1.54) is 64.2 Å². The number of hydrogen-bond acceptors (Lipinski definition) is 4. The Hall–Kier alpha value is -2.72. The summed E-state index contributed by atoms with van der Waals surface area (Å²) in [7, 11) is 0. The van der Waals surface area contributed by atoms with Gasteiger partial charge in [-0.3, -0.25) is 4.79 Å². The van der Waals surface area contributed by atoms with Crippen LogP contribution in [0.25, 0.3) is 15.9 Å². The van der Waals surface area contributed by atoms with Crippen LogP contribution in [0.15, 0.2) is 29.1 Å². The van der Waals surface area contributed by atoms with Gasteiger partial charge in [0.25, 0.3) is 12.1 Å². The van der Waals surface area contributed by atoms with Crippen molar-refractivity contribution in [2.45, 2.75) is 114 Å². The lowest BCUT2D eigenvalue weighted by Gasteiger charge is -2.43. The third-order valence-corrected chi connectivity index (χ3v) is 8.68. The second-order valence-corrected chi connectivity index (χ2v) is 10.8. The molecule has 0 spiro atoms. The van der Waals surface area contributed by atoms with Gasteiger partial charge in [-0.15, -0.1) is 0 Å². The highest BCUT2D eigenvalue weighted by atomic mass is 16.4. The van der Waals surface area contributed by atoms with Gasteiger partial charge in [0.15, 0.2) is 0 Å². The molecule has 1 aromatic carbocycles. The van der Waals surface area contributed by atoms with E-state index in [1.807, 2.05) is 18.2 Å². The fraction of sp³-hybridized carbons (Fsp3) is 0.643. The van der Waals surface area contributed by atoms with Gasteiger partial charge < -0.3 is 9.67 Å². The van der Waals surface area contributed by atoms with Crippen LogP contribution >= 0.6 is 0 Å². The van der Waals surface area contributed by atoms with Crippen LogP contribution in [0.4, 0.5) is 0 Å². The van der Waals surface area contributed by atoms with Crippen LogP contribution < -0.4 is 5.56 Å². The molecule has 7 heteroatoms. The van der Waals surface area contributed by atoms with Gasteiger partial charge in [0.05, 0.1) is 17.5 Å². The fourth-order valence-electron chi connectivity index (χ4n) is 7.14. The normalized spacial score (nSPS) is 28.9. The van der Waals surface area contributed by atoms with Crippen molar-refractivity contribution in [3.63, 3.8) is 0 Å². The summed E-state index contributed by atoms with van der Waals surface area (Å²) >= 11 is 0. The number of hydrogen-bond donors (Lipinski definition) is 1. The van der Waals surface area contributed by atoms with E-state index in [1.54, 1.807) is 10.6 Å². The molecule has 3 atom stereocenters. The number of carbonyl (C=O) groups is 1. The molecule has 1 N–H and O–H groups in total. The van der Waals surface area contributed by atoms with Crippen molar-refractivity contribution < 1.29 is 9.90 Å². The highest BCUT2D eigenvalue weighted by molar-refractivity contribution is 5.88. The van der Waals surface area contributed by atoms with Crippen molar-refractivity contribution in [3.05, 3.63) is 45.2 Å². The molecule has 3 fully saturated rings. The molecule has 0 unspecified atom stereocenters. The maximum atomic E-state index is 13.4. The number of carboxylic acid groups (broad SMARTS) is 1. The number of para-hydroxylation sites is 2. The van der Waals surface area contributed by atoms with Crippen molar-refractivity contribution in [2.24, 2.45) is 0 Å². The Labute approximate surface area is 207 Å². The maximum absolute atomic E-state index is 13.4. The minimum Gasteiger partial charge on any atom is -0.476 e. The molecule has 5 rings (SSSR count). The third-order valence-electron chi connectivity index (χ3n) is 8.68. The first-order chi connectivity index (χ1) is 17.0. The van der Waals surface area contributed by atoms with Crippen LogP contribution in [0.2, 0.25) is 0 Å². The lowest BCUT2D eigenvalue weighted by molar-refractivity contribution is 0.00996. The second-order valence-electron chi connectivity index (χ2n) is 10.8. The number of carboxylic acids is 1. The zero-order valence-electron chi connectivity index (χ0n) is 20.6. The Morgan fingerprint density at radius 2 is 1.63 bits per heavy atom. The van der Waals surface area contributed by atoms with Crippen LogP contribution in [0, 0.1) is 6.57 Å². The van der Waals surface area contributed by atoms with Gasteiger partial charge in [-0.25, -0.2) is 14.7 Å². The zero-order chi connectivity index (χ0) is 24.4. The molecule has 35 heavy (non-hydrogen) atoms. The summed E-state index contributed by atoms with van der Waals surface area (Å²) in [6.45, 7) is 6.18. The standard InChI is InChI=1S/C28H36N4O3/c1-29-28-17-16-21(32(28)20-12-8-6-4-2-3-5-7-9-13-20)18-22(19-28)31-24-15-11-10-14-23(24)30-25(26(31)33)27(34)35/h1,10-11,14-15,20-22H,2-9,12-13,16-19H2/p+1/t21-,22+,28+/m0/s1. The summed E-state index contributed by atoms with van der Waals surface area (Å²) in [4.78, 5) is 36.5. The Bertz CT molecular complexity index is 1170. The first kappa shape index (κ1) is 24.0. The van der Waals surface area contributed by atoms with Crippen molar-refractivity contribution >= 4 is 17.0 Å². The van der Waals surface area contributed by atoms with E-state index in [0.717, 1.165) is 19.3 Å².